The third-order valence-corrected chi connectivity index (χ3v) is 4.08. The van der Waals surface area contributed by atoms with Gasteiger partial charge in [-0.25, -0.2) is 0 Å². The van der Waals surface area contributed by atoms with Crippen molar-refractivity contribution < 1.29 is 14.7 Å². The van der Waals surface area contributed by atoms with Gasteiger partial charge < -0.3 is 10.0 Å². The molecule has 1 aliphatic heterocycles. The first-order valence-electron chi connectivity index (χ1n) is 6.07. The van der Waals surface area contributed by atoms with Crippen molar-refractivity contribution in [2.24, 2.45) is 11.8 Å². The lowest BCUT2D eigenvalue weighted by Crippen LogP contribution is -2.37. The predicted octanol–water partition coefficient (Wildman–Crippen LogP) is 1.50. The van der Waals surface area contributed by atoms with Crippen LogP contribution in [0.15, 0.2) is 0 Å². The highest BCUT2D eigenvalue weighted by Gasteiger charge is 2.43. The Morgan fingerprint density at radius 1 is 1.44 bits per heavy atom. The standard InChI is InChI=1S/C12H19NO3/c1-13-10(14)6-9(7-11(15)16)12(13)8-4-2-3-5-8/h8-9,12H,2-7H2,1H3,(H,15,16)/t9-,12-/m1/s1. The molecule has 90 valence electrons. The monoisotopic (exact) mass is 225 g/mol. The van der Waals surface area contributed by atoms with E-state index in [0.717, 1.165) is 12.8 Å². The Bertz CT molecular complexity index is 295. The van der Waals surface area contributed by atoms with E-state index >= 15 is 0 Å². The van der Waals surface area contributed by atoms with E-state index in [1.54, 1.807) is 4.90 Å². The summed E-state index contributed by atoms with van der Waals surface area (Å²) in [5.74, 6) is -0.113. The molecule has 1 heterocycles. The first-order chi connectivity index (χ1) is 7.59. The van der Waals surface area contributed by atoms with Crippen molar-refractivity contribution in [2.75, 3.05) is 7.05 Å². The van der Waals surface area contributed by atoms with Crippen LogP contribution < -0.4 is 0 Å². The van der Waals surface area contributed by atoms with Gasteiger partial charge in [-0.05, 0) is 24.7 Å². The van der Waals surface area contributed by atoms with Gasteiger partial charge in [-0.15, -0.1) is 0 Å². The van der Waals surface area contributed by atoms with Gasteiger partial charge in [-0.1, -0.05) is 12.8 Å². The minimum Gasteiger partial charge on any atom is -0.481 e. The number of amides is 1. The van der Waals surface area contributed by atoms with Crippen molar-refractivity contribution in [3.05, 3.63) is 0 Å². The summed E-state index contributed by atoms with van der Waals surface area (Å²) in [6.07, 6.45) is 5.31. The maximum absolute atomic E-state index is 11.7. The molecule has 0 aromatic heterocycles. The Hall–Kier alpha value is -1.06. The summed E-state index contributed by atoms with van der Waals surface area (Å²) >= 11 is 0. The molecule has 2 atom stereocenters. The Labute approximate surface area is 95.6 Å². The van der Waals surface area contributed by atoms with Crippen molar-refractivity contribution in [3.63, 3.8) is 0 Å². The van der Waals surface area contributed by atoms with Gasteiger partial charge in [0.1, 0.15) is 0 Å². The van der Waals surface area contributed by atoms with E-state index in [2.05, 4.69) is 0 Å². The van der Waals surface area contributed by atoms with E-state index in [-0.39, 0.29) is 24.3 Å². The number of hydrogen-bond acceptors (Lipinski definition) is 2. The van der Waals surface area contributed by atoms with Gasteiger partial charge in [-0.3, -0.25) is 9.59 Å². The van der Waals surface area contributed by atoms with E-state index in [1.807, 2.05) is 7.05 Å². The quantitative estimate of drug-likeness (QED) is 0.791. The zero-order valence-electron chi connectivity index (χ0n) is 9.69. The molecule has 1 aliphatic carbocycles. The van der Waals surface area contributed by atoms with Crippen LogP contribution in [0.3, 0.4) is 0 Å². The molecule has 2 aliphatic rings. The van der Waals surface area contributed by atoms with Crippen LogP contribution in [-0.2, 0) is 9.59 Å². The molecule has 2 rings (SSSR count). The second-order valence-electron chi connectivity index (χ2n) is 5.10. The molecular formula is C12H19NO3. The molecule has 0 radical (unpaired) electrons. The summed E-state index contributed by atoms with van der Waals surface area (Å²) in [5.41, 5.74) is 0. The Kier molecular flexibility index (Phi) is 3.17. The van der Waals surface area contributed by atoms with Crippen LogP contribution in [0.25, 0.3) is 0 Å². The summed E-state index contributed by atoms with van der Waals surface area (Å²) in [6.45, 7) is 0. The van der Waals surface area contributed by atoms with E-state index in [0.29, 0.717) is 12.3 Å². The minimum absolute atomic E-state index is 0.0260. The van der Waals surface area contributed by atoms with Crippen LogP contribution >= 0.6 is 0 Å². The average molecular weight is 225 g/mol. The molecule has 0 spiro atoms. The number of likely N-dealkylation sites (tertiary alicyclic amines) is 1. The molecule has 16 heavy (non-hydrogen) atoms. The van der Waals surface area contributed by atoms with Crippen molar-refractivity contribution in [3.8, 4) is 0 Å². The lowest BCUT2D eigenvalue weighted by atomic mass is 9.86. The number of rotatable bonds is 3. The minimum atomic E-state index is -0.781. The summed E-state index contributed by atoms with van der Waals surface area (Å²) in [4.78, 5) is 24.3. The van der Waals surface area contributed by atoms with Gasteiger partial charge in [-0.2, -0.15) is 0 Å². The molecule has 1 saturated carbocycles. The van der Waals surface area contributed by atoms with Crippen LogP contribution in [0.5, 0.6) is 0 Å². The van der Waals surface area contributed by atoms with Crippen LogP contribution in [0.4, 0.5) is 0 Å². The number of hydrogen-bond donors (Lipinski definition) is 1. The number of carbonyl (C=O) groups is 2. The van der Waals surface area contributed by atoms with Crippen LogP contribution in [0, 0.1) is 11.8 Å². The number of nitrogens with zero attached hydrogens (tertiary/aromatic N) is 1. The Balaban J connectivity index is 2.10. The number of carboxylic acids is 1. The van der Waals surface area contributed by atoms with Gasteiger partial charge >= 0.3 is 5.97 Å². The summed E-state index contributed by atoms with van der Waals surface area (Å²) in [6, 6.07) is 0.172. The first-order valence-corrected chi connectivity index (χ1v) is 6.07. The third-order valence-electron chi connectivity index (χ3n) is 4.08. The maximum atomic E-state index is 11.7. The molecule has 0 unspecified atom stereocenters. The number of carboxylic acid groups (broad SMARTS) is 1. The molecular weight excluding hydrogens is 206 g/mol. The fourth-order valence-electron chi connectivity index (χ4n) is 3.39. The lowest BCUT2D eigenvalue weighted by molar-refractivity contribution is -0.138. The largest absolute Gasteiger partial charge is 0.481 e. The van der Waals surface area contributed by atoms with Crippen LogP contribution in [0.1, 0.15) is 38.5 Å². The fourth-order valence-corrected chi connectivity index (χ4v) is 3.39. The summed E-state index contributed by atoms with van der Waals surface area (Å²) in [5, 5.41) is 8.88. The molecule has 0 aromatic carbocycles. The van der Waals surface area contributed by atoms with Crippen LogP contribution in [0.2, 0.25) is 0 Å². The summed E-state index contributed by atoms with van der Waals surface area (Å²) in [7, 11) is 1.83. The Morgan fingerprint density at radius 3 is 2.62 bits per heavy atom. The molecule has 4 heteroatoms. The highest BCUT2D eigenvalue weighted by atomic mass is 16.4. The van der Waals surface area contributed by atoms with Crippen molar-refractivity contribution in [2.45, 2.75) is 44.6 Å². The zero-order chi connectivity index (χ0) is 11.7. The van der Waals surface area contributed by atoms with Gasteiger partial charge in [0.05, 0.1) is 6.42 Å². The maximum Gasteiger partial charge on any atom is 0.303 e. The zero-order valence-corrected chi connectivity index (χ0v) is 9.69. The molecule has 1 saturated heterocycles. The van der Waals surface area contributed by atoms with Crippen molar-refractivity contribution in [1.29, 1.82) is 0 Å². The van der Waals surface area contributed by atoms with Gasteiger partial charge in [0.15, 0.2) is 0 Å². The molecule has 1 amide bonds. The van der Waals surface area contributed by atoms with E-state index < -0.39 is 5.97 Å². The number of aliphatic carboxylic acids is 1. The predicted molar refractivity (Wildman–Crippen MR) is 58.9 cm³/mol. The van der Waals surface area contributed by atoms with Crippen LogP contribution in [-0.4, -0.2) is 35.0 Å². The highest BCUT2D eigenvalue weighted by molar-refractivity contribution is 5.80. The number of carbonyl (C=O) groups excluding carboxylic acids is 1. The highest BCUT2D eigenvalue weighted by Crippen LogP contribution is 2.39. The van der Waals surface area contributed by atoms with E-state index in [4.69, 9.17) is 5.11 Å². The molecule has 2 fully saturated rings. The van der Waals surface area contributed by atoms with Gasteiger partial charge in [0.2, 0.25) is 5.91 Å². The molecule has 0 aromatic rings. The second-order valence-corrected chi connectivity index (χ2v) is 5.10. The van der Waals surface area contributed by atoms with Gasteiger partial charge in [0, 0.05) is 19.5 Å². The second kappa shape index (κ2) is 4.44. The van der Waals surface area contributed by atoms with Crippen molar-refractivity contribution in [1.82, 2.24) is 4.90 Å². The Morgan fingerprint density at radius 2 is 2.06 bits per heavy atom. The molecule has 0 bridgehead atoms. The SMILES string of the molecule is CN1C(=O)C[C@H](CC(=O)O)[C@H]1C1CCCC1. The smallest absolute Gasteiger partial charge is 0.303 e. The normalized spacial score (nSPS) is 31.3. The van der Waals surface area contributed by atoms with E-state index in [1.165, 1.54) is 12.8 Å². The summed E-state index contributed by atoms with van der Waals surface area (Å²) < 4.78 is 0. The third kappa shape index (κ3) is 2.06. The fraction of sp³-hybridized carbons (Fsp3) is 0.833. The molecule has 4 nitrogen and oxygen atoms in total. The molecule has 1 N–H and O–H groups in total. The lowest BCUT2D eigenvalue weighted by Gasteiger charge is -2.29. The van der Waals surface area contributed by atoms with Gasteiger partial charge in [0.25, 0.3) is 0 Å². The average Bonchev–Trinajstić information content (AvgIpc) is 2.76. The first kappa shape index (κ1) is 11.4. The van der Waals surface area contributed by atoms with E-state index in [9.17, 15) is 9.59 Å². The topological polar surface area (TPSA) is 57.6 Å². The van der Waals surface area contributed by atoms with Crippen molar-refractivity contribution >= 4 is 11.9 Å².